The second-order valence-electron chi connectivity index (χ2n) is 7.03. The largest absolute Gasteiger partial charge is 0.505 e. The minimum Gasteiger partial charge on any atom is -0.505 e. The molecule has 0 saturated heterocycles. The van der Waals surface area contributed by atoms with Crippen LogP contribution in [0, 0.1) is 11.7 Å². The Morgan fingerprint density at radius 3 is 2.50 bits per heavy atom. The van der Waals surface area contributed by atoms with Gasteiger partial charge in [0.15, 0.2) is 11.6 Å². The molecule has 0 saturated carbocycles. The smallest absolute Gasteiger partial charge is 0.165 e. The summed E-state index contributed by atoms with van der Waals surface area (Å²) in [4.78, 5) is 0. The van der Waals surface area contributed by atoms with Crippen LogP contribution in [0.4, 0.5) is 4.39 Å². The van der Waals surface area contributed by atoms with Crippen LogP contribution in [0.1, 0.15) is 38.4 Å². The number of hydrogen-bond acceptors (Lipinski definition) is 4. The monoisotopic (exact) mass is 386 g/mol. The van der Waals surface area contributed by atoms with Crippen molar-refractivity contribution in [3.63, 3.8) is 0 Å². The number of hydrogen-bond donors (Lipinski definition) is 3. The minimum absolute atomic E-state index is 0.0964. The van der Waals surface area contributed by atoms with Crippen LogP contribution in [0.2, 0.25) is 0 Å². The van der Waals surface area contributed by atoms with Crippen molar-refractivity contribution in [2.24, 2.45) is 5.92 Å². The highest BCUT2D eigenvalue weighted by molar-refractivity contribution is 5.29. The van der Waals surface area contributed by atoms with Crippen LogP contribution in [-0.4, -0.2) is 28.0 Å². The van der Waals surface area contributed by atoms with Gasteiger partial charge < -0.3 is 20.1 Å². The van der Waals surface area contributed by atoms with Crippen molar-refractivity contribution in [2.75, 3.05) is 6.61 Å². The fourth-order valence-electron chi connectivity index (χ4n) is 2.52. The van der Waals surface area contributed by atoms with E-state index >= 15 is 0 Å². The van der Waals surface area contributed by atoms with Gasteiger partial charge in [-0.3, -0.25) is 0 Å². The molecule has 0 heterocycles. The van der Waals surface area contributed by atoms with Crippen molar-refractivity contribution >= 4 is 0 Å². The third-order valence-corrected chi connectivity index (χ3v) is 4.39. The Kier molecular flexibility index (Phi) is 8.27. The molecule has 0 aliphatic rings. The summed E-state index contributed by atoms with van der Waals surface area (Å²) < 4.78 is 19.2. The summed E-state index contributed by atoms with van der Waals surface area (Å²) in [6.45, 7) is 4.15. The molecule has 2 aromatic carbocycles. The Hall–Kier alpha value is -2.59. The first-order valence-electron chi connectivity index (χ1n) is 9.32. The molecular weight excluding hydrogens is 359 g/mol. The maximum Gasteiger partial charge on any atom is 0.165 e. The van der Waals surface area contributed by atoms with Gasteiger partial charge in [-0.2, -0.15) is 0 Å². The normalized spacial score (nSPS) is 12.9. The number of phenolic OH excluding ortho intramolecular Hbond substituents is 1. The molecule has 28 heavy (non-hydrogen) atoms. The van der Waals surface area contributed by atoms with Crippen LogP contribution in [0.3, 0.4) is 0 Å². The van der Waals surface area contributed by atoms with E-state index in [0.29, 0.717) is 12.0 Å². The van der Waals surface area contributed by atoms with Gasteiger partial charge in [-0.15, -0.1) is 5.73 Å². The van der Waals surface area contributed by atoms with Crippen LogP contribution in [0.25, 0.3) is 0 Å². The van der Waals surface area contributed by atoms with Gasteiger partial charge in [0.1, 0.15) is 12.4 Å². The van der Waals surface area contributed by atoms with E-state index in [1.807, 2.05) is 44.2 Å². The molecule has 0 unspecified atom stereocenters. The highest BCUT2D eigenvalue weighted by Crippen LogP contribution is 2.23. The number of phenols is 1. The average Bonchev–Trinajstić information content (AvgIpc) is 2.68. The molecule has 0 aromatic heterocycles. The summed E-state index contributed by atoms with van der Waals surface area (Å²) >= 11 is 0. The second kappa shape index (κ2) is 10.7. The molecule has 0 fully saturated rings. The maximum absolute atomic E-state index is 13.4. The van der Waals surface area contributed by atoms with E-state index in [-0.39, 0.29) is 18.9 Å². The molecule has 2 aromatic rings. The quantitative estimate of drug-likeness (QED) is 0.554. The topological polar surface area (TPSA) is 69.9 Å². The highest BCUT2D eigenvalue weighted by atomic mass is 19.1. The van der Waals surface area contributed by atoms with Crippen molar-refractivity contribution in [2.45, 2.75) is 38.9 Å². The summed E-state index contributed by atoms with van der Waals surface area (Å²) in [6, 6.07) is 13.2. The Morgan fingerprint density at radius 1 is 1.14 bits per heavy atom. The second-order valence-corrected chi connectivity index (χ2v) is 7.03. The number of benzene rings is 2. The van der Waals surface area contributed by atoms with Gasteiger partial charge in [0.05, 0.1) is 12.2 Å². The van der Waals surface area contributed by atoms with E-state index in [2.05, 4.69) is 5.73 Å². The summed E-state index contributed by atoms with van der Waals surface area (Å²) in [5.74, 6) is -0.401. The van der Waals surface area contributed by atoms with Crippen molar-refractivity contribution in [3.05, 3.63) is 77.3 Å². The maximum atomic E-state index is 13.4. The van der Waals surface area contributed by atoms with Crippen molar-refractivity contribution in [3.8, 4) is 11.5 Å². The van der Waals surface area contributed by atoms with E-state index in [4.69, 9.17) is 4.74 Å². The summed E-state index contributed by atoms with van der Waals surface area (Å²) in [5, 5.41) is 29.6. The van der Waals surface area contributed by atoms with E-state index < -0.39 is 23.8 Å². The Bertz CT molecular complexity index is 811. The predicted octanol–water partition coefficient (Wildman–Crippen LogP) is 4.52. The van der Waals surface area contributed by atoms with Crippen molar-refractivity contribution in [1.82, 2.24) is 0 Å². The van der Waals surface area contributed by atoms with Gasteiger partial charge in [0.2, 0.25) is 0 Å². The third kappa shape index (κ3) is 6.86. The standard InChI is InChI=1S/C23H27FO4/c1-16(2)23(27)13-17(15-28-19-8-4-3-5-9-19)7-6-10-21(25)18-11-12-22(26)20(24)14-18/h3-6,8-9,11-12,14,16,21,23,25-27H,10,13,15H2,1-2H3/t7?,21-,23-/m1/s1. The lowest BCUT2D eigenvalue weighted by Crippen LogP contribution is -2.17. The van der Waals surface area contributed by atoms with Gasteiger partial charge in [0, 0.05) is 18.4 Å². The number of para-hydroxylation sites is 1. The molecule has 2 atom stereocenters. The Morgan fingerprint density at radius 2 is 1.86 bits per heavy atom. The molecule has 0 bridgehead atoms. The number of ether oxygens (including phenoxy) is 1. The zero-order valence-corrected chi connectivity index (χ0v) is 16.2. The molecule has 3 N–H and O–H groups in total. The molecule has 5 heteroatoms. The van der Waals surface area contributed by atoms with Crippen molar-refractivity contribution < 1.29 is 24.4 Å². The summed E-state index contributed by atoms with van der Waals surface area (Å²) in [7, 11) is 0. The molecule has 0 spiro atoms. The zero-order chi connectivity index (χ0) is 20.5. The third-order valence-electron chi connectivity index (χ3n) is 4.39. The highest BCUT2D eigenvalue weighted by Gasteiger charge is 2.13. The summed E-state index contributed by atoms with van der Waals surface area (Å²) in [5.41, 5.74) is 4.25. The number of aliphatic hydroxyl groups is 2. The lowest BCUT2D eigenvalue weighted by molar-refractivity contribution is 0.122. The molecular formula is C23H27FO4. The first-order chi connectivity index (χ1) is 13.4. The molecule has 0 amide bonds. The fraction of sp³-hybridized carbons (Fsp3) is 0.348. The van der Waals surface area contributed by atoms with Crippen molar-refractivity contribution in [1.29, 1.82) is 0 Å². The van der Waals surface area contributed by atoms with Crippen LogP contribution >= 0.6 is 0 Å². The first-order valence-corrected chi connectivity index (χ1v) is 9.32. The van der Waals surface area contributed by atoms with Crippen LogP contribution in [0.5, 0.6) is 11.5 Å². The van der Waals surface area contributed by atoms with Gasteiger partial charge in [-0.25, -0.2) is 4.39 Å². The van der Waals surface area contributed by atoms with Crippen LogP contribution in [0.15, 0.2) is 65.9 Å². The number of rotatable bonds is 9. The average molecular weight is 386 g/mol. The lowest BCUT2D eigenvalue weighted by atomic mass is 9.99. The Balaban J connectivity index is 2.08. The van der Waals surface area contributed by atoms with Gasteiger partial charge in [0.25, 0.3) is 0 Å². The number of aromatic hydroxyl groups is 1. The first kappa shape index (κ1) is 21.7. The Labute approximate surface area is 165 Å². The predicted molar refractivity (Wildman–Crippen MR) is 107 cm³/mol. The van der Waals surface area contributed by atoms with E-state index in [1.54, 1.807) is 6.08 Å². The summed E-state index contributed by atoms with van der Waals surface area (Å²) in [6.07, 6.45) is 0.841. The van der Waals surface area contributed by atoms with Crippen LogP contribution < -0.4 is 4.74 Å². The fourth-order valence-corrected chi connectivity index (χ4v) is 2.52. The molecule has 4 nitrogen and oxygen atoms in total. The molecule has 2 rings (SSSR count). The minimum atomic E-state index is -0.922. The SMILES string of the molecule is CC(C)[C@H](O)CC(=C=CC[C@@H](O)c1ccc(O)c(F)c1)COc1ccccc1. The van der Waals surface area contributed by atoms with E-state index in [0.717, 1.165) is 17.4 Å². The van der Waals surface area contributed by atoms with E-state index in [9.17, 15) is 19.7 Å². The zero-order valence-electron chi connectivity index (χ0n) is 16.2. The van der Waals surface area contributed by atoms with Gasteiger partial charge in [-0.1, -0.05) is 38.1 Å². The molecule has 0 radical (unpaired) electrons. The van der Waals surface area contributed by atoms with Gasteiger partial charge >= 0.3 is 0 Å². The molecule has 0 aliphatic carbocycles. The van der Waals surface area contributed by atoms with Gasteiger partial charge in [-0.05, 0) is 41.8 Å². The van der Waals surface area contributed by atoms with Crippen LogP contribution in [-0.2, 0) is 0 Å². The lowest BCUT2D eigenvalue weighted by Gasteiger charge is -2.16. The number of halogens is 1. The molecule has 150 valence electrons. The molecule has 0 aliphatic heterocycles. The van der Waals surface area contributed by atoms with E-state index in [1.165, 1.54) is 12.1 Å². The number of aliphatic hydroxyl groups excluding tert-OH is 2.